The van der Waals surface area contributed by atoms with Crippen LogP contribution in [0, 0.1) is 0 Å². The van der Waals surface area contributed by atoms with E-state index in [0.717, 1.165) is 11.1 Å². The summed E-state index contributed by atoms with van der Waals surface area (Å²) in [6.45, 7) is 2.66. The first-order chi connectivity index (χ1) is 10.0. The molecule has 0 saturated heterocycles. The molecule has 0 bridgehead atoms. The molecule has 1 atom stereocenters. The smallest absolute Gasteiger partial charge is 0.354 e. The minimum atomic E-state index is -0.376. The second-order valence-corrected chi connectivity index (χ2v) is 5.50. The standard InChI is InChI=1S/C15H16Cl2N2O2/c1-9(11-3-4-12(16)13(17)6-11)18-7-10-5-14(19-8-10)15(20)21-2/h3-6,8-9,18-19H,7H2,1-2H3/t9-/m1/s1. The van der Waals surface area contributed by atoms with Crippen LogP contribution in [-0.4, -0.2) is 18.1 Å². The van der Waals surface area contributed by atoms with Crippen LogP contribution in [0.1, 0.15) is 34.6 Å². The monoisotopic (exact) mass is 326 g/mol. The highest BCUT2D eigenvalue weighted by molar-refractivity contribution is 6.42. The normalized spacial score (nSPS) is 12.2. The van der Waals surface area contributed by atoms with Gasteiger partial charge in [0.25, 0.3) is 0 Å². The van der Waals surface area contributed by atoms with Crippen molar-refractivity contribution in [2.45, 2.75) is 19.5 Å². The predicted octanol–water partition coefficient (Wildman–Crippen LogP) is 3.96. The predicted molar refractivity (Wildman–Crippen MR) is 83.8 cm³/mol. The van der Waals surface area contributed by atoms with Gasteiger partial charge in [-0.3, -0.25) is 0 Å². The molecular formula is C15H16Cl2N2O2. The molecule has 1 aromatic heterocycles. The largest absolute Gasteiger partial charge is 0.464 e. The number of H-pyrrole nitrogens is 1. The number of halogens is 2. The first-order valence-electron chi connectivity index (χ1n) is 6.45. The van der Waals surface area contributed by atoms with Gasteiger partial charge in [-0.2, -0.15) is 0 Å². The van der Waals surface area contributed by atoms with Gasteiger partial charge in [-0.05, 0) is 36.2 Å². The summed E-state index contributed by atoms with van der Waals surface area (Å²) in [5, 5.41) is 4.44. The Kier molecular flexibility index (Phi) is 5.28. The number of hydrogen-bond acceptors (Lipinski definition) is 3. The highest BCUT2D eigenvalue weighted by Crippen LogP contribution is 2.25. The Hall–Kier alpha value is -1.49. The Morgan fingerprint density at radius 1 is 1.33 bits per heavy atom. The fourth-order valence-electron chi connectivity index (χ4n) is 1.94. The molecule has 4 nitrogen and oxygen atoms in total. The van der Waals surface area contributed by atoms with Crippen molar-refractivity contribution >= 4 is 29.2 Å². The third kappa shape index (κ3) is 4.00. The maximum atomic E-state index is 11.4. The van der Waals surface area contributed by atoms with Gasteiger partial charge in [0.15, 0.2) is 0 Å². The number of hydrogen-bond donors (Lipinski definition) is 2. The molecule has 2 N–H and O–H groups in total. The van der Waals surface area contributed by atoms with Crippen LogP contribution >= 0.6 is 23.2 Å². The van der Waals surface area contributed by atoms with E-state index in [1.807, 2.05) is 19.1 Å². The van der Waals surface area contributed by atoms with E-state index >= 15 is 0 Å². The maximum Gasteiger partial charge on any atom is 0.354 e. The third-order valence-electron chi connectivity index (χ3n) is 3.20. The molecule has 1 heterocycles. The lowest BCUT2D eigenvalue weighted by molar-refractivity contribution is 0.0595. The number of nitrogens with one attached hydrogen (secondary N) is 2. The van der Waals surface area contributed by atoms with E-state index in [2.05, 4.69) is 15.0 Å². The molecule has 1 aromatic carbocycles. The van der Waals surface area contributed by atoms with Crippen LogP contribution in [0.25, 0.3) is 0 Å². The van der Waals surface area contributed by atoms with Gasteiger partial charge in [0, 0.05) is 18.8 Å². The molecule has 0 aliphatic heterocycles. The summed E-state index contributed by atoms with van der Waals surface area (Å²) in [4.78, 5) is 14.2. The number of aromatic nitrogens is 1. The summed E-state index contributed by atoms with van der Waals surface area (Å²) in [6, 6.07) is 7.43. The molecule has 2 aromatic rings. The van der Waals surface area contributed by atoms with Gasteiger partial charge in [0.2, 0.25) is 0 Å². The molecule has 0 fully saturated rings. The zero-order valence-corrected chi connectivity index (χ0v) is 13.3. The number of aromatic amines is 1. The van der Waals surface area contributed by atoms with Crippen LogP contribution < -0.4 is 5.32 Å². The van der Waals surface area contributed by atoms with Crippen LogP contribution in [0.3, 0.4) is 0 Å². The quantitative estimate of drug-likeness (QED) is 0.818. The van der Waals surface area contributed by atoms with E-state index in [4.69, 9.17) is 23.2 Å². The average Bonchev–Trinajstić information content (AvgIpc) is 2.95. The zero-order chi connectivity index (χ0) is 15.4. The Bertz CT molecular complexity index is 640. The van der Waals surface area contributed by atoms with Crippen molar-refractivity contribution in [1.29, 1.82) is 0 Å². The van der Waals surface area contributed by atoms with E-state index in [-0.39, 0.29) is 12.0 Å². The Morgan fingerprint density at radius 3 is 2.76 bits per heavy atom. The molecule has 0 aliphatic rings. The lowest BCUT2D eigenvalue weighted by Gasteiger charge is -2.14. The Labute approximate surface area is 133 Å². The second kappa shape index (κ2) is 6.98. The van der Waals surface area contributed by atoms with E-state index in [1.54, 1.807) is 18.3 Å². The Morgan fingerprint density at radius 2 is 2.10 bits per heavy atom. The summed E-state index contributed by atoms with van der Waals surface area (Å²) in [5.74, 6) is -0.376. The summed E-state index contributed by atoms with van der Waals surface area (Å²) in [6.07, 6.45) is 1.78. The molecule has 0 amide bonds. The molecule has 0 radical (unpaired) electrons. The number of carbonyl (C=O) groups excluding carboxylic acids is 1. The Balaban J connectivity index is 1.97. The highest BCUT2D eigenvalue weighted by Gasteiger charge is 2.10. The number of methoxy groups -OCH3 is 1. The number of ether oxygens (including phenoxy) is 1. The van der Waals surface area contributed by atoms with Crippen molar-refractivity contribution in [3.05, 3.63) is 57.3 Å². The molecule has 112 valence electrons. The summed E-state index contributed by atoms with van der Waals surface area (Å²) < 4.78 is 4.65. The van der Waals surface area contributed by atoms with Crippen LogP contribution in [0.5, 0.6) is 0 Å². The summed E-state index contributed by atoms with van der Waals surface area (Å²) >= 11 is 11.9. The lowest BCUT2D eigenvalue weighted by Crippen LogP contribution is -2.17. The van der Waals surface area contributed by atoms with Gasteiger partial charge < -0.3 is 15.0 Å². The van der Waals surface area contributed by atoms with Crippen molar-refractivity contribution in [1.82, 2.24) is 10.3 Å². The minimum absolute atomic E-state index is 0.108. The lowest BCUT2D eigenvalue weighted by atomic mass is 10.1. The number of esters is 1. The molecule has 0 spiro atoms. The van der Waals surface area contributed by atoms with Gasteiger partial charge >= 0.3 is 5.97 Å². The van der Waals surface area contributed by atoms with E-state index < -0.39 is 0 Å². The minimum Gasteiger partial charge on any atom is -0.464 e. The summed E-state index contributed by atoms with van der Waals surface area (Å²) in [7, 11) is 1.35. The first-order valence-corrected chi connectivity index (χ1v) is 7.20. The molecular weight excluding hydrogens is 311 g/mol. The molecule has 21 heavy (non-hydrogen) atoms. The summed E-state index contributed by atoms with van der Waals surface area (Å²) in [5.41, 5.74) is 2.46. The second-order valence-electron chi connectivity index (χ2n) is 4.69. The van der Waals surface area contributed by atoms with Gasteiger partial charge in [-0.1, -0.05) is 29.3 Å². The molecule has 0 unspecified atom stereocenters. The van der Waals surface area contributed by atoms with Gasteiger partial charge in [-0.15, -0.1) is 0 Å². The SMILES string of the molecule is COC(=O)c1cc(CN[C@H](C)c2ccc(Cl)c(Cl)c2)c[nH]1. The van der Waals surface area contributed by atoms with Crippen LogP contribution in [0.4, 0.5) is 0 Å². The van der Waals surface area contributed by atoms with Gasteiger partial charge in [0.05, 0.1) is 17.2 Å². The van der Waals surface area contributed by atoms with Crippen LogP contribution in [0.15, 0.2) is 30.5 Å². The van der Waals surface area contributed by atoms with Crippen molar-refractivity contribution in [2.24, 2.45) is 0 Å². The average molecular weight is 327 g/mol. The fourth-order valence-corrected chi connectivity index (χ4v) is 2.25. The van der Waals surface area contributed by atoms with Gasteiger partial charge in [-0.25, -0.2) is 4.79 Å². The molecule has 0 aliphatic carbocycles. The molecule has 0 saturated carbocycles. The topological polar surface area (TPSA) is 54.1 Å². The maximum absolute atomic E-state index is 11.4. The van der Waals surface area contributed by atoms with Gasteiger partial charge in [0.1, 0.15) is 5.69 Å². The molecule has 2 rings (SSSR count). The van der Waals surface area contributed by atoms with Crippen molar-refractivity contribution in [3.8, 4) is 0 Å². The van der Waals surface area contributed by atoms with Crippen molar-refractivity contribution in [2.75, 3.05) is 7.11 Å². The number of benzene rings is 1. The molecule has 6 heteroatoms. The fraction of sp³-hybridized carbons (Fsp3) is 0.267. The van der Waals surface area contributed by atoms with Crippen molar-refractivity contribution < 1.29 is 9.53 Å². The number of carbonyl (C=O) groups is 1. The van der Waals surface area contributed by atoms with E-state index in [0.29, 0.717) is 22.3 Å². The number of rotatable bonds is 5. The van der Waals surface area contributed by atoms with E-state index in [1.165, 1.54) is 7.11 Å². The van der Waals surface area contributed by atoms with Crippen LogP contribution in [-0.2, 0) is 11.3 Å². The zero-order valence-electron chi connectivity index (χ0n) is 11.7. The third-order valence-corrected chi connectivity index (χ3v) is 3.94. The van der Waals surface area contributed by atoms with E-state index in [9.17, 15) is 4.79 Å². The van der Waals surface area contributed by atoms with Crippen molar-refractivity contribution in [3.63, 3.8) is 0 Å². The first kappa shape index (κ1) is 15.9. The highest BCUT2D eigenvalue weighted by atomic mass is 35.5. The van der Waals surface area contributed by atoms with Crippen LogP contribution in [0.2, 0.25) is 10.0 Å².